The van der Waals surface area contributed by atoms with Gasteiger partial charge in [0.1, 0.15) is 5.82 Å². The zero-order chi connectivity index (χ0) is 14.5. The van der Waals surface area contributed by atoms with Gasteiger partial charge in [0.05, 0.1) is 0 Å². The van der Waals surface area contributed by atoms with E-state index in [1.807, 2.05) is 12.1 Å². The van der Waals surface area contributed by atoms with Gasteiger partial charge in [-0.3, -0.25) is 9.36 Å². The highest BCUT2D eigenvalue weighted by molar-refractivity contribution is 7.99. The van der Waals surface area contributed by atoms with E-state index in [0.29, 0.717) is 16.0 Å². The summed E-state index contributed by atoms with van der Waals surface area (Å²) in [5, 5.41) is 1.29. The van der Waals surface area contributed by atoms with Gasteiger partial charge in [0.2, 0.25) is 6.41 Å². The lowest BCUT2D eigenvalue weighted by Crippen LogP contribution is -2.09. The molecule has 2 rings (SSSR count). The summed E-state index contributed by atoms with van der Waals surface area (Å²) in [5.74, 6) is 2.08. The van der Waals surface area contributed by atoms with E-state index in [1.54, 1.807) is 30.2 Å². The average Bonchev–Trinajstić information content (AvgIpc) is 2.82. The molecule has 0 bridgehead atoms. The summed E-state index contributed by atoms with van der Waals surface area (Å²) in [6.45, 7) is 2.13. The molecule has 1 atom stereocenters. The van der Waals surface area contributed by atoms with Gasteiger partial charge in [0.25, 0.3) is 0 Å². The Bertz CT molecular complexity index is 580. The summed E-state index contributed by atoms with van der Waals surface area (Å²) < 4.78 is 1.51. The number of hydrogen-bond acceptors (Lipinski definition) is 3. The molecule has 0 saturated carbocycles. The van der Waals surface area contributed by atoms with Gasteiger partial charge in [-0.05, 0) is 24.1 Å². The Morgan fingerprint density at radius 3 is 2.70 bits per heavy atom. The van der Waals surface area contributed by atoms with Crippen molar-refractivity contribution in [3.05, 3.63) is 46.5 Å². The molecule has 106 valence electrons. The van der Waals surface area contributed by atoms with Crippen molar-refractivity contribution < 1.29 is 4.79 Å². The highest BCUT2D eigenvalue weighted by Crippen LogP contribution is 2.28. The number of carbonyl (C=O) groups is 1. The molecule has 0 saturated heterocycles. The second-order valence-electron chi connectivity index (χ2n) is 4.58. The van der Waals surface area contributed by atoms with Crippen molar-refractivity contribution in [3.8, 4) is 0 Å². The standard InChI is InChI=1S/C14H14Cl2N2OS/c1-10(4-14-17-2-3-18(14)9-19)8-20-13-6-11(15)5-12(16)7-13/h2-3,5-7,9-10H,4,8H2,1H3. The minimum absolute atomic E-state index is 0.388. The lowest BCUT2D eigenvalue weighted by Gasteiger charge is -2.11. The van der Waals surface area contributed by atoms with Crippen LogP contribution in [0.25, 0.3) is 0 Å². The van der Waals surface area contributed by atoms with Crippen LogP contribution in [-0.4, -0.2) is 21.7 Å². The molecule has 0 fully saturated rings. The molecule has 20 heavy (non-hydrogen) atoms. The number of thioether (sulfide) groups is 1. The van der Waals surface area contributed by atoms with E-state index in [0.717, 1.165) is 29.3 Å². The fourth-order valence-corrected chi connectivity index (χ4v) is 3.49. The van der Waals surface area contributed by atoms with E-state index in [-0.39, 0.29) is 0 Å². The summed E-state index contributed by atoms with van der Waals surface area (Å²) in [4.78, 5) is 16.1. The second kappa shape index (κ2) is 7.16. The van der Waals surface area contributed by atoms with Gasteiger partial charge in [-0.1, -0.05) is 30.1 Å². The molecule has 3 nitrogen and oxygen atoms in total. The smallest absolute Gasteiger partial charge is 0.219 e. The molecule has 1 aromatic heterocycles. The maximum Gasteiger partial charge on any atom is 0.219 e. The highest BCUT2D eigenvalue weighted by Gasteiger charge is 2.10. The Morgan fingerprint density at radius 1 is 1.35 bits per heavy atom. The summed E-state index contributed by atoms with van der Waals surface area (Å²) in [5.41, 5.74) is 0. The van der Waals surface area contributed by atoms with E-state index in [2.05, 4.69) is 11.9 Å². The number of rotatable bonds is 6. The van der Waals surface area contributed by atoms with Crippen molar-refractivity contribution in [2.45, 2.75) is 18.2 Å². The molecule has 0 aliphatic heterocycles. The van der Waals surface area contributed by atoms with Crippen LogP contribution in [-0.2, 0) is 11.2 Å². The first kappa shape index (κ1) is 15.4. The molecule has 2 aromatic rings. The first-order chi connectivity index (χ1) is 9.58. The SMILES string of the molecule is CC(CSc1cc(Cl)cc(Cl)c1)Cc1nccn1C=O. The summed E-state index contributed by atoms with van der Waals surface area (Å²) >= 11 is 13.6. The molecule has 0 N–H and O–H groups in total. The van der Waals surface area contributed by atoms with Crippen molar-refractivity contribution in [3.63, 3.8) is 0 Å². The van der Waals surface area contributed by atoms with Crippen molar-refractivity contribution in [2.75, 3.05) is 5.75 Å². The molecule has 0 amide bonds. The number of carbonyl (C=O) groups excluding carboxylic acids is 1. The van der Waals surface area contributed by atoms with Crippen molar-refractivity contribution in [1.82, 2.24) is 9.55 Å². The first-order valence-electron chi connectivity index (χ1n) is 6.14. The quantitative estimate of drug-likeness (QED) is 0.588. The van der Waals surface area contributed by atoms with Crippen LogP contribution in [0, 0.1) is 5.92 Å². The van der Waals surface area contributed by atoms with E-state index in [4.69, 9.17) is 23.2 Å². The monoisotopic (exact) mass is 328 g/mol. The summed E-state index contributed by atoms with van der Waals surface area (Å²) in [6, 6.07) is 5.52. The highest BCUT2D eigenvalue weighted by atomic mass is 35.5. The van der Waals surface area contributed by atoms with Crippen LogP contribution in [0.1, 0.15) is 12.7 Å². The molecular weight excluding hydrogens is 315 g/mol. The lowest BCUT2D eigenvalue weighted by molar-refractivity contribution is 0.540. The van der Waals surface area contributed by atoms with E-state index in [1.165, 1.54) is 4.57 Å². The molecule has 6 heteroatoms. The van der Waals surface area contributed by atoms with Gasteiger partial charge in [-0.15, -0.1) is 11.8 Å². The zero-order valence-electron chi connectivity index (χ0n) is 10.9. The third kappa shape index (κ3) is 4.27. The van der Waals surface area contributed by atoms with Crippen molar-refractivity contribution in [2.24, 2.45) is 5.92 Å². The van der Waals surface area contributed by atoms with Crippen LogP contribution >= 0.6 is 35.0 Å². The lowest BCUT2D eigenvalue weighted by atomic mass is 10.1. The Hall–Kier alpha value is -0.970. The third-order valence-corrected chi connectivity index (χ3v) is 4.51. The van der Waals surface area contributed by atoms with Gasteiger partial charge in [0.15, 0.2) is 0 Å². The Balaban J connectivity index is 1.92. The van der Waals surface area contributed by atoms with Crippen molar-refractivity contribution >= 4 is 41.4 Å². The molecular formula is C14H14Cl2N2OS. The number of hydrogen-bond donors (Lipinski definition) is 0. The van der Waals surface area contributed by atoms with Crippen LogP contribution in [0.4, 0.5) is 0 Å². The topological polar surface area (TPSA) is 34.9 Å². The van der Waals surface area contributed by atoms with Crippen LogP contribution in [0.3, 0.4) is 0 Å². The maximum atomic E-state index is 10.8. The molecule has 1 unspecified atom stereocenters. The molecule has 1 heterocycles. The first-order valence-corrected chi connectivity index (χ1v) is 7.88. The molecule has 0 radical (unpaired) electrons. The fourth-order valence-electron chi connectivity index (χ4n) is 1.82. The minimum Gasteiger partial charge on any atom is -0.278 e. The third-order valence-electron chi connectivity index (χ3n) is 2.76. The number of benzene rings is 1. The summed E-state index contributed by atoms with van der Waals surface area (Å²) in [7, 11) is 0. The number of halogens is 2. The van der Waals surface area contributed by atoms with Crippen LogP contribution in [0.15, 0.2) is 35.5 Å². The Kier molecular flexibility index (Phi) is 5.52. The van der Waals surface area contributed by atoms with Gasteiger partial charge in [0, 0.05) is 39.5 Å². The van der Waals surface area contributed by atoms with Gasteiger partial charge < -0.3 is 0 Å². The molecule has 0 aliphatic rings. The zero-order valence-corrected chi connectivity index (χ0v) is 13.3. The number of imidazole rings is 1. The van der Waals surface area contributed by atoms with E-state index >= 15 is 0 Å². The van der Waals surface area contributed by atoms with Gasteiger partial charge in [-0.2, -0.15) is 0 Å². The van der Waals surface area contributed by atoms with E-state index in [9.17, 15) is 4.79 Å². The fraction of sp³-hybridized carbons (Fsp3) is 0.286. The predicted octanol–water partition coefficient (Wildman–Crippen LogP) is 4.20. The Labute approximate surface area is 132 Å². The largest absolute Gasteiger partial charge is 0.278 e. The molecule has 1 aromatic carbocycles. The number of aromatic nitrogens is 2. The average molecular weight is 329 g/mol. The normalized spacial score (nSPS) is 12.3. The Morgan fingerprint density at radius 2 is 2.05 bits per heavy atom. The van der Waals surface area contributed by atoms with Crippen LogP contribution < -0.4 is 0 Å². The molecule has 0 aliphatic carbocycles. The van der Waals surface area contributed by atoms with Gasteiger partial charge in [-0.25, -0.2) is 4.98 Å². The maximum absolute atomic E-state index is 10.8. The van der Waals surface area contributed by atoms with Crippen molar-refractivity contribution in [1.29, 1.82) is 0 Å². The van der Waals surface area contributed by atoms with Crippen LogP contribution in [0.5, 0.6) is 0 Å². The van der Waals surface area contributed by atoms with Crippen LogP contribution in [0.2, 0.25) is 10.0 Å². The number of nitrogens with zero attached hydrogens (tertiary/aromatic N) is 2. The second-order valence-corrected chi connectivity index (χ2v) is 6.55. The summed E-state index contributed by atoms with van der Waals surface area (Å²) in [6.07, 6.45) is 4.84. The minimum atomic E-state index is 0.388. The van der Waals surface area contributed by atoms with Gasteiger partial charge >= 0.3 is 0 Å². The molecule has 0 spiro atoms. The van der Waals surface area contributed by atoms with E-state index < -0.39 is 0 Å². The predicted molar refractivity (Wildman–Crippen MR) is 84.4 cm³/mol.